The number of nitrogens with one attached hydrogen (secondary N) is 4. The van der Waals surface area contributed by atoms with Crippen LogP contribution in [0.15, 0.2) is 4.99 Å². The van der Waals surface area contributed by atoms with Gasteiger partial charge in [0.05, 0.1) is 6.54 Å². The zero-order chi connectivity index (χ0) is 20.3. The summed E-state index contributed by atoms with van der Waals surface area (Å²) in [5.74, 6) is 0.903. The van der Waals surface area contributed by atoms with E-state index in [1.807, 2.05) is 20.8 Å². The Balaban J connectivity index is 0.00000729. The summed E-state index contributed by atoms with van der Waals surface area (Å²) >= 11 is 0. The molecule has 0 aliphatic carbocycles. The van der Waals surface area contributed by atoms with Gasteiger partial charge in [-0.3, -0.25) is 19.5 Å². The predicted octanol–water partition coefficient (Wildman–Crippen LogP) is 0.922. The lowest BCUT2D eigenvalue weighted by Crippen LogP contribution is -2.51. The third-order valence-corrected chi connectivity index (χ3v) is 4.48. The van der Waals surface area contributed by atoms with E-state index >= 15 is 0 Å². The third-order valence-electron chi connectivity index (χ3n) is 4.48. The highest BCUT2D eigenvalue weighted by Gasteiger charge is 2.22. The molecule has 1 fully saturated rings. The van der Waals surface area contributed by atoms with Crippen LogP contribution in [0.5, 0.6) is 0 Å². The number of carbonyl (C=O) groups excluding carboxylic acids is 2. The van der Waals surface area contributed by atoms with E-state index in [-0.39, 0.29) is 41.2 Å². The maximum absolute atomic E-state index is 11.8. The van der Waals surface area contributed by atoms with E-state index in [1.54, 1.807) is 7.05 Å². The fourth-order valence-electron chi connectivity index (χ4n) is 2.77. The molecule has 28 heavy (non-hydrogen) atoms. The Kier molecular flexibility index (Phi) is 13.4. The lowest BCUT2D eigenvalue weighted by molar-refractivity contribution is -0.128. The molecule has 0 atom stereocenters. The summed E-state index contributed by atoms with van der Waals surface area (Å²) in [5.41, 5.74) is -0.374. The minimum atomic E-state index is -0.374. The number of likely N-dealkylation sites (tertiary alicyclic amines) is 1. The van der Waals surface area contributed by atoms with E-state index in [4.69, 9.17) is 0 Å². The molecule has 8 nitrogen and oxygen atoms in total. The molecular formula is C19H39IN6O2. The lowest BCUT2D eigenvalue weighted by atomic mass is 9.96. The quantitative estimate of drug-likeness (QED) is 0.169. The maximum Gasteiger partial charge on any atom is 0.234 e. The van der Waals surface area contributed by atoms with E-state index in [0.717, 1.165) is 44.9 Å². The van der Waals surface area contributed by atoms with Crippen molar-refractivity contribution in [1.29, 1.82) is 0 Å². The predicted molar refractivity (Wildman–Crippen MR) is 125 cm³/mol. The summed E-state index contributed by atoms with van der Waals surface area (Å²) in [4.78, 5) is 30.1. The first kappa shape index (κ1) is 26.9. The molecule has 4 N–H and O–H groups in total. The number of carbonyl (C=O) groups is 2. The first-order valence-corrected chi connectivity index (χ1v) is 10.0. The molecular weight excluding hydrogens is 471 g/mol. The van der Waals surface area contributed by atoms with Crippen molar-refractivity contribution >= 4 is 41.8 Å². The normalized spacial score (nSPS) is 16.1. The van der Waals surface area contributed by atoms with Crippen LogP contribution in [-0.4, -0.2) is 75.0 Å². The molecule has 1 rings (SSSR count). The summed E-state index contributed by atoms with van der Waals surface area (Å²) in [6.45, 7) is 12.0. The van der Waals surface area contributed by atoms with E-state index < -0.39 is 0 Å². The second-order valence-corrected chi connectivity index (χ2v) is 8.05. The van der Waals surface area contributed by atoms with Crippen LogP contribution in [0.3, 0.4) is 0 Å². The fraction of sp³-hybridized carbons (Fsp3) is 0.842. The summed E-state index contributed by atoms with van der Waals surface area (Å²) < 4.78 is 0. The molecule has 2 amide bonds. The van der Waals surface area contributed by atoms with Crippen LogP contribution in [0.2, 0.25) is 0 Å². The number of hydrogen-bond acceptors (Lipinski definition) is 4. The van der Waals surface area contributed by atoms with Gasteiger partial charge in [0.2, 0.25) is 11.8 Å². The van der Waals surface area contributed by atoms with Gasteiger partial charge in [-0.2, -0.15) is 0 Å². The summed E-state index contributed by atoms with van der Waals surface area (Å²) in [7, 11) is 1.75. The molecule has 0 unspecified atom stereocenters. The van der Waals surface area contributed by atoms with Crippen molar-refractivity contribution in [1.82, 2.24) is 26.2 Å². The topological polar surface area (TPSA) is 97.9 Å². The average Bonchev–Trinajstić information content (AvgIpc) is 2.62. The van der Waals surface area contributed by atoms with Crippen molar-refractivity contribution in [2.45, 2.75) is 53.0 Å². The van der Waals surface area contributed by atoms with E-state index in [2.05, 4.69) is 38.1 Å². The van der Waals surface area contributed by atoms with Crippen LogP contribution in [0.25, 0.3) is 0 Å². The molecule has 0 aromatic carbocycles. The molecule has 1 heterocycles. The minimum absolute atomic E-state index is 0. The second-order valence-electron chi connectivity index (χ2n) is 8.05. The van der Waals surface area contributed by atoms with Gasteiger partial charge in [-0.1, -0.05) is 27.7 Å². The summed E-state index contributed by atoms with van der Waals surface area (Å²) in [6.07, 6.45) is 2.91. The molecule has 1 aliphatic heterocycles. The Morgan fingerprint density at radius 2 is 1.64 bits per heavy atom. The SMILES string of the molecule is CCCNC(=O)CN1CCC(NC(=NC)NCCNC(=O)C(C)(C)C)CC1.I. The number of piperidine rings is 1. The van der Waals surface area contributed by atoms with Crippen molar-refractivity contribution < 1.29 is 9.59 Å². The van der Waals surface area contributed by atoms with Crippen LogP contribution < -0.4 is 21.3 Å². The van der Waals surface area contributed by atoms with Gasteiger partial charge in [0.1, 0.15) is 0 Å². The van der Waals surface area contributed by atoms with Crippen molar-refractivity contribution in [3.63, 3.8) is 0 Å². The fourth-order valence-corrected chi connectivity index (χ4v) is 2.77. The average molecular weight is 510 g/mol. The first-order chi connectivity index (χ1) is 12.8. The largest absolute Gasteiger partial charge is 0.355 e. The second kappa shape index (κ2) is 14.0. The van der Waals surface area contributed by atoms with E-state index in [0.29, 0.717) is 25.7 Å². The summed E-state index contributed by atoms with van der Waals surface area (Å²) in [6, 6.07) is 0.343. The molecule has 0 aromatic rings. The highest BCUT2D eigenvalue weighted by Crippen LogP contribution is 2.12. The third kappa shape index (κ3) is 11.0. The van der Waals surface area contributed by atoms with Gasteiger partial charge >= 0.3 is 0 Å². The van der Waals surface area contributed by atoms with Crippen molar-refractivity contribution in [2.24, 2.45) is 10.4 Å². The molecule has 0 bridgehead atoms. The molecule has 164 valence electrons. The van der Waals surface area contributed by atoms with Crippen molar-refractivity contribution in [3.8, 4) is 0 Å². The number of halogens is 1. The van der Waals surface area contributed by atoms with Gasteiger partial charge in [0, 0.05) is 51.2 Å². The van der Waals surface area contributed by atoms with Crippen LogP contribution in [0.1, 0.15) is 47.0 Å². The Labute approximate surface area is 187 Å². The van der Waals surface area contributed by atoms with Crippen molar-refractivity contribution in [3.05, 3.63) is 0 Å². The van der Waals surface area contributed by atoms with Crippen LogP contribution in [-0.2, 0) is 9.59 Å². The lowest BCUT2D eigenvalue weighted by Gasteiger charge is -2.32. The Morgan fingerprint density at radius 3 is 2.18 bits per heavy atom. The molecule has 9 heteroatoms. The van der Waals surface area contributed by atoms with Crippen LogP contribution >= 0.6 is 24.0 Å². The number of aliphatic imine (C=N–C) groups is 1. The van der Waals surface area contributed by atoms with E-state index in [1.165, 1.54) is 0 Å². The van der Waals surface area contributed by atoms with Crippen molar-refractivity contribution in [2.75, 3.05) is 46.3 Å². The Hall–Kier alpha value is -1.10. The van der Waals surface area contributed by atoms with Gasteiger partial charge in [0.15, 0.2) is 5.96 Å². The standard InChI is InChI=1S/C19H38N6O2.HI/c1-6-9-21-16(26)14-25-12-7-15(8-13-25)24-18(20-5)23-11-10-22-17(27)19(2,3)4;/h15H,6-14H2,1-5H3,(H,21,26)(H,22,27)(H2,20,23,24);1H. The minimum Gasteiger partial charge on any atom is -0.355 e. The van der Waals surface area contributed by atoms with Gasteiger partial charge in [-0.25, -0.2) is 0 Å². The zero-order valence-electron chi connectivity index (χ0n) is 18.1. The smallest absolute Gasteiger partial charge is 0.234 e. The molecule has 1 aliphatic rings. The molecule has 0 aromatic heterocycles. The number of rotatable bonds is 8. The molecule has 1 saturated heterocycles. The van der Waals surface area contributed by atoms with Crippen LogP contribution in [0, 0.1) is 5.41 Å². The Morgan fingerprint density at radius 1 is 1.04 bits per heavy atom. The number of guanidine groups is 1. The molecule has 0 spiro atoms. The molecule has 0 saturated carbocycles. The van der Waals surface area contributed by atoms with Crippen LogP contribution in [0.4, 0.5) is 0 Å². The maximum atomic E-state index is 11.8. The monoisotopic (exact) mass is 510 g/mol. The van der Waals surface area contributed by atoms with E-state index in [9.17, 15) is 9.59 Å². The number of amides is 2. The summed E-state index contributed by atoms with van der Waals surface area (Å²) in [5, 5.41) is 12.5. The van der Waals surface area contributed by atoms with Gasteiger partial charge in [-0.15, -0.1) is 24.0 Å². The number of nitrogens with zero attached hydrogens (tertiary/aromatic N) is 2. The Bertz CT molecular complexity index is 499. The van der Waals surface area contributed by atoms with Gasteiger partial charge in [-0.05, 0) is 19.3 Å². The van der Waals surface area contributed by atoms with Gasteiger partial charge in [0.25, 0.3) is 0 Å². The van der Waals surface area contributed by atoms with Gasteiger partial charge < -0.3 is 21.3 Å². The highest BCUT2D eigenvalue weighted by molar-refractivity contribution is 14.0. The highest BCUT2D eigenvalue weighted by atomic mass is 127. The number of hydrogen-bond donors (Lipinski definition) is 4. The molecule has 0 radical (unpaired) electrons. The zero-order valence-corrected chi connectivity index (χ0v) is 20.4. The first-order valence-electron chi connectivity index (χ1n) is 10.0.